The summed E-state index contributed by atoms with van der Waals surface area (Å²) in [6.45, 7) is 9.05. The molecule has 12 heteroatoms. The van der Waals surface area contributed by atoms with Gasteiger partial charge in [-0.2, -0.15) is 0 Å². The van der Waals surface area contributed by atoms with Crippen LogP contribution in [0, 0.1) is 0 Å². The van der Waals surface area contributed by atoms with Crippen LogP contribution < -0.4 is 0 Å². The van der Waals surface area contributed by atoms with Crippen molar-refractivity contribution >= 4 is 53.4 Å². The predicted octanol–water partition coefficient (Wildman–Crippen LogP) is 3.21. The Morgan fingerprint density at radius 2 is 0.737 bits per heavy atom. The first-order valence-corrected chi connectivity index (χ1v) is 12.5. The molecular weight excluding hydrogens is 511 g/mol. The maximum atomic E-state index is 9.87. The van der Waals surface area contributed by atoms with E-state index >= 15 is 0 Å². The van der Waals surface area contributed by atoms with Gasteiger partial charge in [0.2, 0.25) is 0 Å². The van der Waals surface area contributed by atoms with E-state index in [1.807, 2.05) is 0 Å². The molecule has 0 bridgehead atoms. The number of carboxylic acids is 4. The van der Waals surface area contributed by atoms with Crippen LogP contribution >= 0.6 is 0 Å². The molecule has 0 amide bonds. The number of hydrogen-bond acceptors (Lipinski definition) is 7. The average molecular weight is 561 g/mol. The first kappa shape index (κ1) is 46.1. The summed E-state index contributed by atoms with van der Waals surface area (Å²) in [5.74, 6) is -4.89. The van der Waals surface area contributed by atoms with Crippen molar-refractivity contribution in [3.63, 3.8) is 0 Å². The number of carbonyl (C=O) groups is 4. The van der Waals surface area contributed by atoms with Gasteiger partial charge in [-0.3, -0.25) is 9.59 Å². The molecule has 0 spiro atoms. The second kappa shape index (κ2) is 37.4. The van der Waals surface area contributed by atoms with Crippen LogP contribution in [0.5, 0.6) is 0 Å². The number of aliphatic hydroxyl groups is 3. The summed E-state index contributed by atoms with van der Waals surface area (Å²) in [4.78, 5) is 39.3. The molecular formula is C26H49NaO11. The van der Waals surface area contributed by atoms with E-state index in [0.29, 0.717) is 6.61 Å². The molecule has 7 N–H and O–H groups in total. The molecule has 11 nitrogen and oxygen atoms in total. The second-order valence-electron chi connectivity index (χ2n) is 8.02. The zero-order chi connectivity index (χ0) is 29.5. The van der Waals surface area contributed by atoms with Crippen LogP contribution in [0.25, 0.3) is 0 Å². The van der Waals surface area contributed by atoms with E-state index in [-0.39, 0.29) is 53.9 Å². The van der Waals surface area contributed by atoms with Gasteiger partial charge in [0.25, 0.3) is 0 Å². The van der Waals surface area contributed by atoms with Gasteiger partial charge in [-0.1, -0.05) is 77.9 Å². The van der Waals surface area contributed by atoms with Gasteiger partial charge in [0, 0.05) is 31.0 Å². The summed E-state index contributed by atoms with van der Waals surface area (Å²) in [5, 5.41) is 56.9. The number of aliphatic carboxylic acids is 4. The Hall–Kier alpha value is -1.76. The van der Waals surface area contributed by atoms with Crippen LogP contribution in [0.3, 0.4) is 0 Å². The summed E-state index contributed by atoms with van der Waals surface area (Å²) in [6.07, 6.45) is 13.7. The Balaban J connectivity index is -0.000000131. The quantitative estimate of drug-likeness (QED) is 0.0692. The first-order valence-electron chi connectivity index (χ1n) is 12.5. The molecule has 0 fully saturated rings. The standard InChI is InChI=1S/C12H26O.2C5H6O4.C4H10O2.Na.H/c1-2-3-4-5-6-7-8-9-10-11-12-13;2*1-3(5(8)9)2-4(6)7;5-3-1-2-4-6;;/h13H,2-12H2,1H3;2*1-2H2,(H,6,7)(H,8,9);5-6H,1-4H2;;. The topological polar surface area (TPSA) is 210 Å². The number of carboxylic acid groups (broad SMARTS) is 4. The van der Waals surface area contributed by atoms with Crippen LogP contribution in [0.4, 0.5) is 0 Å². The van der Waals surface area contributed by atoms with Crippen LogP contribution in [0.2, 0.25) is 0 Å². The molecule has 0 aromatic carbocycles. The van der Waals surface area contributed by atoms with Crippen molar-refractivity contribution in [2.45, 2.75) is 96.8 Å². The van der Waals surface area contributed by atoms with E-state index in [9.17, 15) is 19.2 Å². The first-order chi connectivity index (χ1) is 17.4. The normalized spacial score (nSPS) is 9.05. The van der Waals surface area contributed by atoms with E-state index < -0.39 is 36.7 Å². The Morgan fingerprint density at radius 3 is 0.921 bits per heavy atom. The van der Waals surface area contributed by atoms with Crippen LogP contribution in [0.15, 0.2) is 24.3 Å². The van der Waals surface area contributed by atoms with Crippen molar-refractivity contribution in [2.24, 2.45) is 0 Å². The Morgan fingerprint density at radius 1 is 0.500 bits per heavy atom. The van der Waals surface area contributed by atoms with Gasteiger partial charge >= 0.3 is 53.4 Å². The van der Waals surface area contributed by atoms with Crippen molar-refractivity contribution < 1.29 is 54.9 Å². The molecule has 0 aliphatic heterocycles. The summed E-state index contributed by atoms with van der Waals surface area (Å²) in [5.41, 5.74) is -0.606. The summed E-state index contributed by atoms with van der Waals surface area (Å²) in [7, 11) is 0. The molecule has 0 unspecified atom stereocenters. The van der Waals surface area contributed by atoms with E-state index in [0.717, 1.165) is 19.3 Å². The molecule has 0 heterocycles. The number of unbranched alkanes of at least 4 members (excludes halogenated alkanes) is 10. The van der Waals surface area contributed by atoms with Crippen LogP contribution in [-0.2, 0) is 19.2 Å². The molecule has 0 saturated carbocycles. The molecule has 0 atom stereocenters. The third-order valence-electron chi connectivity index (χ3n) is 4.41. The van der Waals surface area contributed by atoms with Gasteiger partial charge in [-0.25, -0.2) is 9.59 Å². The number of aliphatic hydroxyl groups excluding tert-OH is 3. The minimum atomic E-state index is -1.27. The zero-order valence-electron chi connectivity index (χ0n) is 22.2. The van der Waals surface area contributed by atoms with Crippen molar-refractivity contribution in [1.82, 2.24) is 0 Å². The molecule has 0 saturated heterocycles. The van der Waals surface area contributed by atoms with Crippen molar-refractivity contribution in [1.29, 1.82) is 0 Å². The SMILES string of the molecule is C=C(CC(=O)O)C(=O)O.C=C(CC(=O)O)C(=O)O.CCCCCCCCCCCCO.OCCCCO.[NaH]. The summed E-state index contributed by atoms with van der Waals surface area (Å²) < 4.78 is 0. The third kappa shape index (κ3) is 51.0. The van der Waals surface area contributed by atoms with Gasteiger partial charge in [-0.05, 0) is 19.3 Å². The van der Waals surface area contributed by atoms with Crippen molar-refractivity contribution in [3.05, 3.63) is 24.3 Å². The van der Waals surface area contributed by atoms with E-state index in [1.54, 1.807) is 0 Å². The van der Waals surface area contributed by atoms with E-state index in [1.165, 1.54) is 57.8 Å². The number of hydrogen-bond donors (Lipinski definition) is 7. The second-order valence-corrected chi connectivity index (χ2v) is 8.02. The molecule has 0 rings (SSSR count). The third-order valence-corrected chi connectivity index (χ3v) is 4.41. The van der Waals surface area contributed by atoms with E-state index in [4.69, 9.17) is 35.7 Å². The maximum absolute atomic E-state index is 9.87. The molecule has 0 aliphatic carbocycles. The predicted molar refractivity (Wildman–Crippen MR) is 148 cm³/mol. The Labute approximate surface area is 248 Å². The Kier molecular flexibility index (Phi) is 45.4. The van der Waals surface area contributed by atoms with Gasteiger partial charge in [0.15, 0.2) is 0 Å². The van der Waals surface area contributed by atoms with E-state index in [2.05, 4.69) is 20.1 Å². The Bertz CT molecular complexity index is 570. The fourth-order valence-electron chi connectivity index (χ4n) is 2.34. The molecule has 220 valence electrons. The van der Waals surface area contributed by atoms with Gasteiger partial charge in [0.05, 0.1) is 12.8 Å². The molecule has 0 aromatic heterocycles. The van der Waals surface area contributed by atoms with Gasteiger partial charge in [0.1, 0.15) is 0 Å². The summed E-state index contributed by atoms with van der Waals surface area (Å²) >= 11 is 0. The van der Waals surface area contributed by atoms with Gasteiger partial charge in [-0.15, -0.1) is 0 Å². The van der Waals surface area contributed by atoms with Crippen molar-refractivity contribution in [2.75, 3.05) is 19.8 Å². The summed E-state index contributed by atoms with van der Waals surface area (Å²) in [6, 6.07) is 0. The van der Waals surface area contributed by atoms with Gasteiger partial charge < -0.3 is 35.7 Å². The monoisotopic (exact) mass is 560 g/mol. The molecule has 0 aromatic rings. The fraction of sp³-hybridized carbons (Fsp3) is 0.692. The molecule has 38 heavy (non-hydrogen) atoms. The zero-order valence-corrected chi connectivity index (χ0v) is 22.2. The molecule has 0 radical (unpaired) electrons. The van der Waals surface area contributed by atoms with Crippen LogP contribution in [0.1, 0.15) is 96.8 Å². The number of rotatable bonds is 19. The molecule has 0 aliphatic rings. The van der Waals surface area contributed by atoms with Crippen LogP contribution in [-0.4, -0.2) is 109 Å². The average Bonchev–Trinajstić information content (AvgIpc) is 2.82. The fourth-order valence-corrected chi connectivity index (χ4v) is 2.34. The van der Waals surface area contributed by atoms with Crippen molar-refractivity contribution in [3.8, 4) is 0 Å². The minimum absolute atomic E-state index is 0.